The molecule has 3 N–H and O–H groups in total. The summed E-state index contributed by atoms with van der Waals surface area (Å²) in [5.41, 5.74) is 5.42. The minimum Gasteiger partial charge on any atom is -0.494 e. The van der Waals surface area contributed by atoms with Crippen molar-refractivity contribution in [2.24, 2.45) is 0 Å². The first-order valence-corrected chi connectivity index (χ1v) is 13.7. The zero-order chi connectivity index (χ0) is 29.1. The SMILES string of the molecule is C=CC(=O)Nc1cc(Nc2nccc(-n3c4c(c5ccccc53)CC(O)CC4)n2)c(OC)cc1N(C)CCN(C)C. The summed E-state index contributed by atoms with van der Waals surface area (Å²) < 4.78 is 7.91. The summed E-state index contributed by atoms with van der Waals surface area (Å²) in [5, 5.41) is 17.7. The summed E-state index contributed by atoms with van der Waals surface area (Å²) in [7, 11) is 7.62. The molecule has 1 aliphatic rings. The van der Waals surface area contributed by atoms with Gasteiger partial charge in [-0.3, -0.25) is 9.36 Å². The largest absolute Gasteiger partial charge is 0.494 e. The second-order valence-electron chi connectivity index (χ2n) is 10.5. The summed E-state index contributed by atoms with van der Waals surface area (Å²) >= 11 is 0. The number of nitrogens with zero attached hydrogens (tertiary/aromatic N) is 5. The Hall–Kier alpha value is -4.41. The van der Waals surface area contributed by atoms with Gasteiger partial charge in [0.1, 0.15) is 11.6 Å². The van der Waals surface area contributed by atoms with Crippen LogP contribution in [-0.4, -0.2) is 77.9 Å². The average molecular weight is 556 g/mol. The Kier molecular flexibility index (Phi) is 8.23. The molecule has 1 aliphatic carbocycles. The predicted molar refractivity (Wildman–Crippen MR) is 164 cm³/mol. The van der Waals surface area contributed by atoms with Crippen molar-refractivity contribution in [3.63, 3.8) is 0 Å². The Morgan fingerprint density at radius 2 is 2.00 bits per heavy atom. The van der Waals surface area contributed by atoms with Crippen LogP contribution in [-0.2, 0) is 17.6 Å². The number of hydrogen-bond acceptors (Lipinski definition) is 8. The third-order valence-electron chi connectivity index (χ3n) is 7.41. The van der Waals surface area contributed by atoms with Crippen LogP contribution in [0.3, 0.4) is 0 Å². The van der Waals surface area contributed by atoms with Crippen LogP contribution < -0.4 is 20.3 Å². The molecule has 0 saturated carbocycles. The number of aliphatic hydroxyl groups excluding tert-OH is 1. The molecule has 10 nitrogen and oxygen atoms in total. The molecule has 5 rings (SSSR count). The summed E-state index contributed by atoms with van der Waals surface area (Å²) in [6.45, 7) is 5.18. The maximum absolute atomic E-state index is 12.3. The number of carbonyl (C=O) groups is 1. The molecule has 41 heavy (non-hydrogen) atoms. The van der Waals surface area contributed by atoms with Gasteiger partial charge in [-0.1, -0.05) is 24.8 Å². The van der Waals surface area contributed by atoms with E-state index in [0.717, 1.165) is 41.9 Å². The quantitative estimate of drug-likeness (QED) is 0.251. The lowest BCUT2D eigenvalue weighted by Gasteiger charge is -2.26. The number of aromatic nitrogens is 3. The van der Waals surface area contributed by atoms with Crippen LogP contribution in [0.1, 0.15) is 17.7 Å². The van der Waals surface area contributed by atoms with Gasteiger partial charge in [0.05, 0.1) is 35.8 Å². The van der Waals surface area contributed by atoms with Gasteiger partial charge in [-0.25, -0.2) is 4.98 Å². The highest BCUT2D eigenvalue weighted by atomic mass is 16.5. The Labute approximate surface area is 240 Å². The number of nitrogens with one attached hydrogen (secondary N) is 2. The van der Waals surface area contributed by atoms with Crippen LogP contribution in [0.4, 0.5) is 23.0 Å². The molecule has 214 valence electrons. The number of rotatable bonds is 10. The first-order chi connectivity index (χ1) is 19.8. The number of ether oxygens (including phenoxy) is 1. The van der Waals surface area contributed by atoms with Crippen molar-refractivity contribution in [1.29, 1.82) is 0 Å². The van der Waals surface area contributed by atoms with Crippen molar-refractivity contribution in [2.75, 3.05) is 56.9 Å². The molecule has 1 atom stereocenters. The van der Waals surface area contributed by atoms with Gasteiger partial charge in [-0.15, -0.1) is 0 Å². The van der Waals surface area contributed by atoms with Gasteiger partial charge >= 0.3 is 0 Å². The molecule has 1 unspecified atom stereocenters. The average Bonchev–Trinajstić information content (AvgIpc) is 3.29. The summed E-state index contributed by atoms with van der Waals surface area (Å²) in [6.07, 6.45) is 4.74. The first-order valence-electron chi connectivity index (χ1n) is 13.7. The van der Waals surface area contributed by atoms with Crippen LogP contribution >= 0.6 is 0 Å². The molecule has 4 aromatic rings. The van der Waals surface area contributed by atoms with Crippen LogP contribution in [0.25, 0.3) is 16.7 Å². The van der Waals surface area contributed by atoms with E-state index in [2.05, 4.69) is 48.7 Å². The zero-order valence-corrected chi connectivity index (χ0v) is 24.0. The Morgan fingerprint density at radius 1 is 1.20 bits per heavy atom. The van der Waals surface area contributed by atoms with Gasteiger partial charge < -0.3 is 30.3 Å². The number of methoxy groups -OCH3 is 1. The van der Waals surface area contributed by atoms with Crippen molar-refractivity contribution in [1.82, 2.24) is 19.4 Å². The number of aliphatic hydroxyl groups is 1. The van der Waals surface area contributed by atoms with E-state index >= 15 is 0 Å². The van der Waals surface area contributed by atoms with Crippen LogP contribution in [0, 0.1) is 0 Å². The normalized spacial score (nSPS) is 14.5. The molecule has 0 saturated heterocycles. The maximum Gasteiger partial charge on any atom is 0.247 e. The predicted octanol–water partition coefficient (Wildman–Crippen LogP) is 4.14. The molecule has 2 heterocycles. The smallest absolute Gasteiger partial charge is 0.247 e. The van der Waals surface area contributed by atoms with Crippen LogP contribution in [0.5, 0.6) is 5.75 Å². The van der Waals surface area contributed by atoms with Crippen molar-refractivity contribution in [3.8, 4) is 11.6 Å². The number of likely N-dealkylation sites (N-methyl/N-ethyl adjacent to an activating group) is 2. The molecule has 0 spiro atoms. The molecule has 0 bridgehead atoms. The van der Waals surface area contributed by atoms with Gasteiger partial charge in [0.15, 0.2) is 0 Å². The molecule has 10 heteroatoms. The maximum atomic E-state index is 12.3. The van der Waals surface area contributed by atoms with Crippen molar-refractivity contribution >= 4 is 39.8 Å². The van der Waals surface area contributed by atoms with E-state index in [9.17, 15) is 9.90 Å². The van der Waals surface area contributed by atoms with Gasteiger partial charge in [0, 0.05) is 49.9 Å². The Morgan fingerprint density at radius 3 is 2.76 bits per heavy atom. The molecule has 0 radical (unpaired) electrons. The zero-order valence-electron chi connectivity index (χ0n) is 24.0. The third-order valence-corrected chi connectivity index (χ3v) is 7.41. The van der Waals surface area contributed by atoms with Gasteiger partial charge in [-0.2, -0.15) is 4.98 Å². The van der Waals surface area contributed by atoms with Crippen molar-refractivity contribution in [2.45, 2.75) is 25.4 Å². The second kappa shape index (κ2) is 12.0. The number of para-hydroxylation sites is 1. The molecule has 2 aromatic carbocycles. The lowest BCUT2D eigenvalue weighted by atomic mass is 9.93. The third kappa shape index (κ3) is 5.89. The number of amides is 1. The fourth-order valence-corrected chi connectivity index (χ4v) is 5.31. The van der Waals surface area contributed by atoms with E-state index in [1.54, 1.807) is 13.3 Å². The summed E-state index contributed by atoms with van der Waals surface area (Å²) in [6, 6.07) is 13.8. The van der Waals surface area contributed by atoms with Crippen molar-refractivity contribution < 1.29 is 14.6 Å². The number of fused-ring (bicyclic) bond motifs is 3. The highest BCUT2D eigenvalue weighted by Crippen LogP contribution is 2.38. The summed E-state index contributed by atoms with van der Waals surface area (Å²) in [5.74, 6) is 1.39. The topological polar surface area (TPSA) is 108 Å². The molecular formula is C31H37N7O3. The molecular weight excluding hydrogens is 518 g/mol. The lowest BCUT2D eigenvalue weighted by molar-refractivity contribution is -0.111. The molecule has 2 aromatic heterocycles. The molecule has 0 fully saturated rings. The molecule has 1 amide bonds. The number of carbonyl (C=O) groups excluding carboxylic acids is 1. The number of benzene rings is 2. The van der Waals surface area contributed by atoms with Gasteiger partial charge in [-0.05, 0) is 56.8 Å². The monoisotopic (exact) mass is 555 g/mol. The van der Waals surface area contributed by atoms with E-state index in [1.807, 2.05) is 51.5 Å². The lowest BCUT2D eigenvalue weighted by Crippen LogP contribution is -2.29. The van der Waals surface area contributed by atoms with Gasteiger partial charge in [0.2, 0.25) is 11.9 Å². The minimum absolute atomic E-state index is 0.309. The highest BCUT2D eigenvalue weighted by Gasteiger charge is 2.25. The minimum atomic E-state index is -0.336. The van der Waals surface area contributed by atoms with E-state index in [1.165, 1.54) is 17.3 Å². The van der Waals surface area contributed by atoms with E-state index in [-0.39, 0.29) is 12.0 Å². The van der Waals surface area contributed by atoms with E-state index in [0.29, 0.717) is 35.9 Å². The number of hydrogen-bond donors (Lipinski definition) is 3. The van der Waals surface area contributed by atoms with E-state index < -0.39 is 0 Å². The second-order valence-corrected chi connectivity index (χ2v) is 10.5. The standard InChI is InChI=1S/C31H37N7O3/c1-6-30(40)33-23-18-24(28(41-5)19-27(23)37(4)16-15-36(2)3)34-31-32-14-13-29(35-31)38-25-10-8-7-9-21(25)22-17-20(39)11-12-26(22)38/h6-10,13-14,18-20,39H,1,11-12,15-17H2,2-5H3,(H,33,40)(H,32,34,35). The fourth-order valence-electron chi connectivity index (χ4n) is 5.31. The van der Waals surface area contributed by atoms with Crippen molar-refractivity contribution in [3.05, 3.63) is 72.6 Å². The summed E-state index contributed by atoms with van der Waals surface area (Å²) in [4.78, 5) is 25.9. The number of anilines is 4. The van der Waals surface area contributed by atoms with Gasteiger partial charge in [0.25, 0.3) is 0 Å². The van der Waals surface area contributed by atoms with Crippen LogP contribution in [0.2, 0.25) is 0 Å². The first kappa shape index (κ1) is 28.1. The fraction of sp³-hybridized carbons (Fsp3) is 0.323. The highest BCUT2D eigenvalue weighted by molar-refractivity contribution is 6.02. The van der Waals surface area contributed by atoms with Crippen LogP contribution in [0.15, 0.2) is 61.3 Å². The Bertz CT molecular complexity index is 1580. The Balaban J connectivity index is 1.53. The van der Waals surface area contributed by atoms with E-state index in [4.69, 9.17) is 9.72 Å². The molecule has 0 aliphatic heterocycles.